The molecule has 0 aliphatic heterocycles. The normalized spacial score (nSPS) is 11.6. The van der Waals surface area contributed by atoms with Gasteiger partial charge >= 0.3 is 5.97 Å². The van der Waals surface area contributed by atoms with Crippen LogP contribution in [0.1, 0.15) is 12.8 Å². The summed E-state index contributed by atoms with van der Waals surface area (Å²) in [5.74, 6) is -1.50. The summed E-state index contributed by atoms with van der Waals surface area (Å²) in [7, 11) is 0. The van der Waals surface area contributed by atoms with E-state index in [9.17, 15) is 9.59 Å². The van der Waals surface area contributed by atoms with Crippen LogP contribution >= 0.6 is 22.6 Å². The largest absolute Gasteiger partial charge is 0.480 e. The van der Waals surface area contributed by atoms with Crippen LogP contribution in [0.15, 0.2) is 0 Å². The molecule has 6 N–H and O–H groups in total. The van der Waals surface area contributed by atoms with E-state index in [0.29, 0.717) is 19.4 Å². The minimum absolute atomic E-state index is 0.150. The first-order chi connectivity index (χ1) is 7.47. The molecule has 0 saturated heterocycles. The quantitative estimate of drug-likeness (QED) is 0.137. The van der Waals surface area contributed by atoms with Crippen LogP contribution in [0.3, 0.4) is 0 Å². The summed E-state index contributed by atoms with van der Waals surface area (Å²) < 4.78 is 0.229. The van der Waals surface area contributed by atoms with Crippen molar-refractivity contribution in [3.63, 3.8) is 0 Å². The van der Waals surface area contributed by atoms with E-state index >= 15 is 0 Å². The Balaban J connectivity index is 3.90. The maximum atomic E-state index is 11.0. The second kappa shape index (κ2) is 8.13. The van der Waals surface area contributed by atoms with Crippen LogP contribution in [-0.2, 0) is 9.59 Å². The van der Waals surface area contributed by atoms with E-state index in [1.165, 1.54) is 0 Å². The number of carbonyl (C=O) groups is 2. The maximum absolute atomic E-state index is 11.0. The molecule has 0 saturated carbocycles. The fourth-order valence-corrected chi connectivity index (χ4v) is 1.24. The third-order valence-electron chi connectivity index (χ3n) is 1.74. The van der Waals surface area contributed by atoms with Crippen molar-refractivity contribution in [2.75, 3.05) is 11.0 Å². The molecule has 1 amide bonds. The molecule has 0 spiro atoms. The van der Waals surface area contributed by atoms with Gasteiger partial charge in [-0.1, -0.05) is 22.6 Å². The molecular weight excluding hydrogens is 327 g/mol. The van der Waals surface area contributed by atoms with Crippen molar-refractivity contribution in [3.8, 4) is 0 Å². The number of hydrogen-bond donors (Lipinski definition) is 5. The molecule has 1 atom stereocenters. The lowest BCUT2D eigenvalue weighted by molar-refractivity contribution is -0.141. The Morgan fingerprint density at radius 2 is 2.12 bits per heavy atom. The van der Waals surface area contributed by atoms with Gasteiger partial charge in [-0.2, -0.15) is 0 Å². The number of carbonyl (C=O) groups excluding carboxylic acids is 1. The molecule has 92 valence electrons. The Bertz CT molecular complexity index is 272. The average Bonchev–Trinajstić information content (AvgIpc) is 2.21. The van der Waals surface area contributed by atoms with Crippen molar-refractivity contribution < 1.29 is 14.7 Å². The molecule has 0 aliphatic carbocycles. The van der Waals surface area contributed by atoms with E-state index in [1.54, 1.807) is 0 Å². The Kier molecular flexibility index (Phi) is 7.60. The summed E-state index contributed by atoms with van der Waals surface area (Å²) in [5.41, 5.74) is 5.06. The monoisotopic (exact) mass is 342 g/mol. The number of nitrogens with one attached hydrogen (secondary N) is 3. The van der Waals surface area contributed by atoms with Gasteiger partial charge in [0.15, 0.2) is 5.96 Å². The topological polar surface area (TPSA) is 128 Å². The summed E-state index contributed by atoms with van der Waals surface area (Å²) >= 11 is 1.86. The van der Waals surface area contributed by atoms with Gasteiger partial charge in [0.05, 0.1) is 4.43 Å². The summed E-state index contributed by atoms with van der Waals surface area (Å²) in [6.45, 7) is 0.416. The zero-order chi connectivity index (χ0) is 12.6. The number of hydrogen-bond acceptors (Lipinski definition) is 3. The summed E-state index contributed by atoms with van der Waals surface area (Å²) in [6, 6.07) is -0.879. The van der Waals surface area contributed by atoms with Gasteiger partial charge in [-0.25, -0.2) is 4.79 Å². The standard InChI is InChI=1S/C8H15IN4O3/c9-4-6(14)13-5(7(15)16)2-1-3-12-8(10)11/h5H,1-4H2,(H,13,14)(H,15,16)(H4,10,11,12)/t5-/m0/s1. The lowest BCUT2D eigenvalue weighted by Crippen LogP contribution is -2.42. The van der Waals surface area contributed by atoms with E-state index in [4.69, 9.17) is 16.2 Å². The zero-order valence-electron chi connectivity index (χ0n) is 8.62. The Labute approximate surface area is 107 Å². The van der Waals surface area contributed by atoms with Crippen LogP contribution in [-0.4, -0.2) is 40.0 Å². The van der Waals surface area contributed by atoms with E-state index in [-0.39, 0.29) is 16.3 Å². The van der Waals surface area contributed by atoms with Gasteiger partial charge in [0.1, 0.15) is 6.04 Å². The van der Waals surface area contributed by atoms with E-state index in [0.717, 1.165) is 0 Å². The molecule has 0 heterocycles. The molecule has 0 aliphatic rings. The van der Waals surface area contributed by atoms with Gasteiger partial charge in [-0.05, 0) is 12.8 Å². The first-order valence-electron chi connectivity index (χ1n) is 4.63. The van der Waals surface area contributed by atoms with Crippen molar-refractivity contribution in [2.45, 2.75) is 18.9 Å². The van der Waals surface area contributed by atoms with Crippen LogP contribution < -0.4 is 16.4 Å². The SMILES string of the molecule is N=C(N)NCCC[C@H](NC(=O)CI)C(=O)O. The van der Waals surface area contributed by atoms with Gasteiger partial charge in [0.2, 0.25) is 5.91 Å². The van der Waals surface area contributed by atoms with E-state index in [1.807, 2.05) is 22.6 Å². The van der Waals surface area contributed by atoms with Gasteiger partial charge in [-0.3, -0.25) is 10.2 Å². The number of rotatable bonds is 7. The van der Waals surface area contributed by atoms with Crippen LogP contribution in [0.4, 0.5) is 0 Å². The lowest BCUT2D eigenvalue weighted by atomic mass is 10.1. The molecule has 0 bridgehead atoms. The highest BCUT2D eigenvalue weighted by molar-refractivity contribution is 14.1. The van der Waals surface area contributed by atoms with E-state index < -0.39 is 12.0 Å². The number of carboxylic acids is 1. The van der Waals surface area contributed by atoms with Gasteiger partial charge in [0, 0.05) is 6.54 Å². The molecule has 0 aromatic heterocycles. The van der Waals surface area contributed by atoms with Crippen LogP contribution in [0, 0.1) is 5.41 Å². The number of amides is 1. The van der Waals surface area contributed by atoms with Crippen molar-refractivity contribution in [1.29, 1.82) is 5.41 Å². The number of halogens is 1. The molecule has 0 radical (unpaired) electrons. The van der Waals surface area contributed by atoms with Crippen LogP contribution in [0.5, 0.6) is 0 Å². The van der Waals surface area contributed by atoms with Crippen LogP contribution in [0.25, 0.3) is 0 Å². The maximum Gasteiger partial charge on any atom is 0.326 e. The number of alkyl halides is 1. The Hall–Kier alpha value is -1.06. The Morgan fingerprint density at radius 1 is 1.50 bits per heavy atom. The first-order valence-corrected chi connectivity index (χ1v) is 6.16. The van der Waals surface area contributed by atoms with Crippen molar-refractivity contribution >= 4 is 40.4 Å². The minimum Gasteiger partial charge on any atom is -0.480 e. The highest BCUT2D eigenvalue weighted by Gasteiger charge is 2.18. The number of nitrogens with two attached hydrogens (primary N) is 1. The van der Waals surface area contributed by atoms with Gasteiger partial charge < -0.3 is 21.5 Å². The molecule has 0 aromatic carbocycles. The molecule has 0 rings (SSSR count). The zero-order valence-corrected chi connectivity index (χ0v) is 10.8. The molecule has 0 aromatic rings. The summed E-state index contributed by atoms with van der Waals surface area (Å²) in [6.07, 6.45) is 0.816. The molecular formula is C8H15IN4O3. The third kappa shape index (κ3) is 7.26. The van der Waals surface area contributed by atoms with Crippen molar-refractivity contribution in [3.05, 3.63) is 0 Å². The van der Waals surface area contributed by atoms with Crippen molar-refractivity contribution in [1.82, 2.24) is 10.6 Å². The highest BCUT2D eigenvalue weighted by Crippen LogP contribution is 1.97. The van der Waals surface area contributed by atoms with Gasteiger partial charge in [-0.15, -0.1) is 0 Å². The molecule has 8 heteroatoms. The highest BCUT2D eigenvalue weighted by atomic mass is 127. The van der Waals surface area contributed by atoms with Crippen molar-refractivity contribution in [2.24, 2.45) is 5.73 Å². The lowest BCUT2D eigenvalue weighted by Gasteiger charge is -2.13. The predicted molar refractivity (Wildman–Crippen MR) is 67.6 cm³/mol. The third-order valence-corrected chi connectivity index (χ3v) is 2.43. The molecule has 7 nitrogen and oxygen atoms in total. The Morgan fingerprint density at radius 3 is 2.56 bits per heavy atom. The summed E-state index contributed by atoms with van der Waals surface area (Å²) in [5, 5.41) is 20.7. The van der Waals surface area contributed by atoms with E-state index in [2.05, 4.69) is 10.6 Å². The average molecular weight is 342 g/mol. The number of carboxylic acid groups (broad SMARTS) is 1. The van der Waals surface area contributed by atoms with Crippen LogP contribution in [0.2, 0.25) is 0 Å². The fourth-order valence-electron chi connectivity index (χ4n) is 1.02. The number of guanidine groups is 1. The smallest absolute Gasteiger partial charge is 0.326 e. The molecule has 16 heavy (non-hydrogen) atoms. The van der Waals surface area contributed by atoms with Gasteiger partial charge in [0.25, 0.3) is 0 Å². The molecule has 0 fully saturated rings. The minimum atomic E-state index is -1.05. The molecule has 0 unspecified atom stereocenters. The predicted octanol–water partition coefficient (Wildman–Crippen LogP) is -0.746. The summed E-state index contributed by atoms with van der Waals surface area (Å²) in [4.78, 5) is 21.8. The fraction of sp³-hybridized carbons (Fsp3) is 0.625. The first kappa shape index (κ1) is 14.9. The second-order valence-corrected chi connectivity index (χ2v) is 3.84. The second-order valence-electron chi connectivity index (χ2n) is 3.07. The number of aliphatic carboxylic acids is 1.